The number of carbonyl (C=O) groups excluding carboxylic acids is 1. The normalized spacial score (nSPS) is 21.2. The van der Waals surface area contributed by atoms with E-state index in [9.17, 15) is 28.7 Å². The molecule has 1 aliphatic heterocycles. The second kappa shape index (κ2) is 13.2. The molecule has 0 spiro atoms. The molecular formula is C26H29FN5O9P. The van der Waals surface area contributed by atoms with Crippen molar-refractivity contribution < 1.29 is 37.2 Å². The molecule has 1 aromatic heterocycles. The topological polar surface area (TPSA) is 187 Å². The van der Waals surface area contributed by atoms with Crippen LogP contribution in [-0.4, -0.2) is 45.4 Å². The third-order valence-corrected chi connectivity index (χ3v) is 7.87. The Hall–Kier alpha value is -4.17. The maximum atomic E-state index is 14.8. The number of alkyl halides is 1. The van der Waals surface area contributed by atoms with Crippen LogP contribution in [0.1, 0.15) is 38.2 Å². The zero-order chi connectivity index (χ0) is 30.4. The lowest BCUT2D eigenvalue weighted by atomic mass is 10.1. The highest BCUT2D eigenvalue weighted by Crippen LogP contribution is 2.46. The molecule has 1 fully saturated rings. The highest BCUT2D eigenvalue weighted by Gasteiger charge is 2.40. The fourth-order valence-corrected chi connectivity index (χ4v) is 5.59. The number of aromatic nitrogens is 2. The van der Waals surface area contributed by atoms with Crippen LogP contribution in [0.4, 0.5) is 15.9 Å². The summed E-state index contributed by atoms with van der Waals surface area (Å²) in [5.74, 6) is -0.664. The van der Waals surface area contributed by atoms with Gasteiger partial charge in [-0.25, -0.2) is 13.8 Å². The smallest absolute Gasteiger partial charge is 0.457 e. The first-order valence-corrected chi connectivity index (χ1v) is 14.3. The lowest BCUT2D eigenvalue weighted by Gasteiger charge is -2.25. The van der Waals surface area contributed by atoms with Gasteiger partial charge in [0.25, 0.3) is 5.69 Å². The molecule has 0 amide bonds. The molecule has 0 radical (unpaired) electrons. The number of rotatable bonds is 12. The number of benzene rings is 2. The molecule has 2 unspecified atom stereocenters. The first-order valence-electron chi connectivity index (χ1n) is 12.8. The monoisotopic (exact) mass is 605 g/mol. The number of nitrogens with one attached hydrogen (secondary N) is 1. The van der Waals surface area contributed by atoms with Crippen molar-refractivity contribution in [1.29, 1.82) is 0 Å². The number of nitrogens with zero attached hydrogens (tertiary/aromatic N) is 3. The van der Waals surface area contributed by atoms with Gasteiger partial charge in [0.2, 0.25) is 0 Å². The lowest BCUT2D eigenvalue weighted by Crippen LogP contribution is -2.36. The van der Waals surface area contributed by atoms with Gasteiger partial charge in [0.05, 0.1) is 17.6 Å². The van der Waals surface area contributed by atoms with Gasteiger partial charge in [-0.3, -0.25) is 24.0 Å². The van der Waals surface area contributed by atoms with Gasteiger partial charge >= 0.3 is 19.4 Å². The average molecular weight is 606 g/mol. The van der Waals surface area contributed by atoms with Crippen molar-refractivity contribution in [2.45, 2.75) is 50.9 Å². The summed E-state index contributed by atoms with van der Waals surface area (Å²) in [4.78, 5) is 38.9. The van der Waals surface area contributed by atoms with Gasteiger partial charge in [-0.05, 0) is 49.7 Å². The van der Waals surface area contributed by atoms with E-state index in [0.29, 0.717) is 5.56 Å². The van der Waals surface area contributed by atoms with Crippen LogP contribution in [0.5, 0.6) is 5.75 Å². The van der Waals surface area contributed by atoms with E-state index in [1.165, 1.54) is 55.6 Å². The molecule has 14 nitrogen and oxygen atoms in total. The second-order valence-corrected chi connectivity index (χ2v) is 11.1. The van der Waals surface area contributed by atoms with Gasteiger partial charge in [-0.2, -0.15) is 10.1 Å². The Kier molecular flexibility index (Phi) is 9.68. The predicted octanol–water partition coefficient (Wildman–Crippen LogP) is 3.85. The van der Waals surface area contributed by atoms with E-state index in [0.717, 1.165) is 4.57 Å². The number of hydrogen-bond acceptors (Lipinski definition) is 11. The zero-order valence-corrected chi connectivity index (χ0v) is 23.5. The van der Waals surface area contributed by atoms with E-state index >= 15 is 0 Å². The van der Waals surface area contributed by atoms with Gasteiger partial charge < -0.3 is 19.7 Å². The number of nitro benzene ring substituents is 1. The summed E-state index contributed by atoms with van der Waals surface area (Å²) in [5, 5.41) is 13.4. The Morgan fingerprint density at radius 3 is 2.57 bits per heavy atom. The van der Waals surface area contributed by atoms with Crippen LogP contribution in [-0.2, 0) is 23.4 Å². The molecule has 3 N–H and O–H groups in total. The molecule has 1 saturated heterocycles. The lowest BCUT2D eigenvalue weighted by molar-refractivity contribution is -0.384. The fourth-order valence-electron chi connectivity index (χ4n) is 4.06. The number of ether oxygens (including phenoxy) is 2. The summed E-state index contributed by atoms with van der Waals surface area (Å²) in [6.45, 7) is 2.55. The molecule has 2 heterocycles. The maximum absolute atomic E-state index is 14.8. The Morgan fingerprint density at radius 1 is 1.24 bits per heavy atom. The summed E-state index contributed by atoms with van der Waals surface area (Å²) >= 11 is 0. The number of nitrogen functional groups attached to an aromatic ring is 1. The summed E-state index contributed by atoms with van der Waals surface area (Å²) in [7, 11) is -4.29. The molecule has 0 bridgehead atoms. The summed E-state index contributed by atoms with van der Waals surface area (Å²) in [6, 6.07) is 13.7. The van der Waals surface area contributed by atoms with Crippen LogP contribution >= 0.6 is 7.75 Å². The Labute approximate surface area is 239 Å². The number of nitrogens with two attached hydrogens (primary N) is 1. The highest BCUT2D eigenvalue weighted by molar-refractivity contribution is 7.52. The van der Waals surface area contributed by atoms with Crippen LogP contribution in [0, 0.1) is 10.1 Å². The van der Waals surface area contributed by atoms with Crippen LogP contribution in [0.3, 0.4) is 0 Å². The summed E-state index contributed by atoms with van der Waals surface area (Å²) in [6.07, 6.45) is -3.52. The predicted molar refractivity (Wildman–Crippen MR) is 147 cm³/mol. The van der Waals surface area contributed by atoms with Gasteiger partial charge in [-0.1, -0.05) is 18.2 Å². The van der Waals surface area contributed by atoms with Gasteiger partial charge in [0.15, 0.2) is 6.23 Å². The second-order valence-electron chi connectivity index (χ2n) is 9.42. The van der Waals surface area contributed by atoms with Crippen LogP contribution < -0.4 is 21.0 Å². The van der Waals surface area contributed by atoms with E-state index in [-0.39, 0.29) is 23.7 Å². The van der Waals surface area contributed by atoms with Crippen molar-refractivity contribution in [2.75, 3.05) is 12.3 Å². The molecule has 6 atom stereocenters. The van der Waals surface area contributed by atoms with Gasteiger partial charge in [-0.15, -0.1) is 0 Å². The molecule has 2 aromatic carbocycles. The number of non-ortho nitro benzene ring substituents is 1. The number of anilines is 1. The molecule has 224 valence electrons. The van der Waals surface area contributed by atoms with Gasteiger partial charge in [0.1, 0.15) is 29.9 Å². The minimum atomic E-state index is -4.29. The summed E-state index contributed by atoms with van der Waals surface area (Å²) < 4.78 is 51.8. The Balaban J connectivity index is 1.42. The minimum absolute atomic E-state index is 0.0237. The molecule has 0 aliphatic carbocycles. The minimum Gasteiger partial charge on any atom is -0.457 e. The largest absolute Gasteiger partial charge is 0.459 e. The molecular weight excluding hydrogens is 576 g/mol. The molecule has 1 aliphatic rings. The molecule has 0 saturated carbocycles. The number of hydrogen-bond donors (Lipinski definition) is 2. The Morgan fingerprint density at radius 2 is 1.93 bits per heavy atom. The SMILES string of the molecule is CC(OC(=O)[C@H](C)NP(=O)(OC[C@@H]1C[C@H](F)[C@H](n2ccc(N)nc2=O)O1)Oc1ccccc1)c1ccc([N+](=O)[O-])cc1. The highest BCUT2D eigenvalue weighted by atomic mass is 31.2. The maximum Gasteiger partial charge on any atom is 0.459 e. The first kappa shape index (κ1) is 30.8. The van der Waals surface area contributed by atoms with Crippen molar-refractivity contribution in [1.82, 2.24) is 14.6 Å². The average Bonchev–Trinajstić information content (AvgIpc) is 3.32. The quantitative estimate of drug-likeness (QED) is 0.132. The molecule has 42 heavy (non-hydrogen) atoms. The number of para-hydroxylation sites is 1. The number of esters is 1. The summed E-state index contributed by atoms with van der Waals surface area (Å²) in [5.41, 5.74) is 5.09. The Bertz CT molecular complexity index is 1510. The van der Waals surface area contributed by atoms with E-state index in [1.54, 1.807) is 25.1 Å². The van der Waals surface area contributed by atoms with Crippen molar-refractivity contribution in [2.24, 2.45) is 0 Å². The third-order valence-electron chi connectivity index (χ3n) is 6.23. The van der Waals surface area contributed by atoms with Crippen molar-refractivity contribution in [3.8, 4) is 5.75 Å². The number of nitro groups is 1. The third kappa shape index (κ3) is 7.76. The van der Waals surface area contributed by atoms with Crippen molar-refractivity contribution in [3.63, 3.8) is 0 Å². The number of carbonyl (C=O) groups is 1. The van der Waals surface area contributed by atoms with E-state index in [2.05, 4.69) is 10.1 Å². The van der Waals surface area contributed by atoms with Crippen LogP contribution in [0.25, 0.3) is 0 Å². The first-order chi connectivity index (χ1) is 19.9. The van der Waals surface area contributed by atoms with E-state index in [1.807, 2.05) is 0 Å². The standard InChI is InChI=1S/C26H29FN5O9P/c1-16(25(33)39-17(2)18-8-10-19(11-9-18)32(35)36)30-42(37,41-20-6-4-3-5-7-20)38-15-21-14-22(27)24(40-21)31-13-12-23(28)29-26(31)34/h3-13,16-17,21-22,24H,14-15H2,1-2H3,(H,30,37)(H2,28,29,34)/t16-,17?,21-,22-,24+,42?/m0/s1. The van der Waals surface area contributed by atoms with E-state index < -0.39 is 61.6 Å². The van der Waals surface area contributed by atoms with Crippen molar-refractivity contribution in [3.05, 3.63) is 93.0 Å². The molecule has 16 heteroatoms. The molecule has 3 aromatic rings. The van der Waals surface area contributed by atoms with Crippen LogP contribution in [0.2, 0.25) is 0 Å². The number of halogens is 1. The molecule has 4 rings (SSSR count). The van der Waals surface area contributed by atoms with Gasteiger partial charge in [0, 0.05) is 24.8 Å². The van der Waals surface area contributed by atoms with E-state index in [4.69, 9.17) is 24.3 Å². The zero-order valence-electron chi connectivity index (χ0n) is 22.6. The van der Waals surface area contributed by atoms with Crippen LogP contribution in [0.15, 0.2) is 71.7 Å². The fraction of sp³-hybridized carbons (Fsp3) is 0.346. The van der Waals surface area contributed by atoms with Crippen molar-refractivity contribution >= 4 is 25.2 Å².